The largest absolute Gasteiger partial charge is 0.508 e. The van der Waals surface area contributed by atoms with Gasteiger partial charge in [-0.15, -0.1) is 0 Å². The lowest BCUT2D eigenvalue weighted by Gasteiger charge is -2.36. The van der Waals surface area contributed by atoms with Gasteiger partial charge in [0.2, 0.25) is 0 Å². The van der Waals surface area contributed by atoms with E-state index in [1.165, 1.54) is 23.8 Å². The van der Waals surface area contributed by atoms with Gasteiger partial charge in [-0.25, -0.2) is 0 Å². The van der Waals surface area contributed by atoms with E-state index in [1.54, 1.807) is 43.3 Å². The van der Waals surface area contributed by atoms with E-state index in [0.717, 1.165) is 22.3 Å². The lowest BCUT2D eigenvalue weighted by molar-refractivity contribution is -0.157. The summed E-state index contributed by atoms with van der Waals surface area (Å²) in [4.78, 5) is 38.3. The highest BCUT2D eigenvalue weighted by Gasteiger charge is 2.39. The Balaban J connectivity index is 1.52. The highest BCUT2D eigenvalue weighted by atomic mass is 16.6. The van der Waals surface area contributed by atoms with Gasteiger partial charge < -0.3 is 19.7 Å². The molecule has 2 aromatic rings. The van der Waals surface area contributed by atoms with Crippen LogP contribution in [0.1, 0.15) is 78.9 Å². The fraction of sp³-hybridized carbons (Fsp3) is 0.279. The monoisotopic (exact) mass is 676 g/mol. The van der Waals surface area contributed by atoms with Crippen LogP contribution in [0.5, 0.6) is 17.2 Å². The van der Waals surface area contributed by atoms with Crippen molar-refractivity contribution in [3.05, 3.63) is 136 Å². The molecule has 1 atom stereocenters. The first-order valence-corrected chi connectivity index (χ1v) is 16.6. The Morgan fingerprint density at radius 2 is 1.36 bits per heavy atom. The van der Waals surface area contributed by atoms with Crippen LogP contribution in [0.25, 0.3) is 12.2 Å². The quantitative estimate of drug-likeness (QED) is 0.0941. The van der Waals surface area contributed by atoms with E-state index in [-0.39, 0.29) is 30.1 Å². The highest BCUT2D eigenvalue weighted by molar-refractivity contribution is 6.01. The third-order valence-corrected chi connectivity index (χ3v) is 7.93. The molecular weight excluding hydrogens is 628 g/mol. The van der Waals surface area contributed by atoms with E-state index in [0.29, 0.717) is 23.3 Å². The maximum atomic E-state index is 13.2. The van der Waals surface area contributed by atoms with Crippen molar-refractivity contribution in [3.8, 4) is 17.2 Å². The van der Waals surface area contributed by atoms with E-state index in [1.807, 2.05) is 76.3 Å². The molecule has 2 aromatic carbocycles. The molecule has 1 aliphatic rings. The van der Waals surface area contributed by atoms with Crippen molar-refractivity contribution in [1.82, 2.24) is 0 Å². The smallest absolute Gasteiger partial charge is 0.311 e. The Kier molecular flexibility index (Phi) is 14.3. The molecule has 0 spiro atoms. The number of ether oxygens (including phenoxy) is 2. The number of rotatable bonds is 13. The van der Waals surface area contributed by atoms with Gasteiger partial charge in [-0.3, -0.25) is 14.4 Å². The van der Waals surface area contributed by atoms with Crippen LogP contribution in [-0.2, 0) is 19.1 Å². The molecule has 0 saturated heterocycles. The topological polar surface area (TPSA) is 110 Å². The zero-order valence-corrected chi connectivity index (χ0v) is 30.0. The number of benzene rings is 2. The zero-order chi connectivity index (χ0) is 36.8. The molecule has 0 heterocycles. The number of carbonyl (C=O) groups is 3. The second kappa shape index (κ2) is 18.4. The van der Waals surface area contributed by atoms with Crippen LogP contribution in [0.4, 0.5) is 0 Å². The van der Waals surface area contributed by atoms with Crippen molar-refractivity contribution in [2.45, 2.75) is 73.8 Å². The van der Waals surface area contributed by atoms with Crippen molar-refractivity contribution in [2.24, 2.45) is 5.41 Å². The summed E-state index contributed by atoms with van der Waals surface area (Å²) in [6.45, 7) is 14.0. The summed E-state index contributed by atoms with van der Waals surface area (Å²) in [5, 5.41) is 19.2. The van der Waals surface area contributed by atoms with Crippen molar-refractivity contribution >= 4 is 29.9 Å². The van der Waals surface area contributed by atoms with Crippen LogP contribution in [-0.4, -0.2) is 34.0 Å². The van der Waals surface area contributed by atoms with E-state index in [4.69, 9.17) is 9.47 Å². The molecule has 0 bridgehead atoms. The Morgan fingerprint density at radius 3 is 2.02 bits per heavy atom. The van der Waals surface area contributed by atoms with Gasteiger partial charge in [0, 0.05) is 12.5 Å². The summed E-state index contributed by atoms with van der Waals surface area (Å²) in [5.74, 6) is -1.24. The lowest BCUT2D eigenvalue weighted by atomic mass is 9.71. The molecule has 0 aliphatic heterocycles. The van der Waals surface area contributed by atoms with Crippen molar-refractivity contribution in [1.29, 1.82) is 0 Å². The van der Waals surface area contributed by atoms with Crippen molar-refractivity contribution in [3.63, 3.8) is 0 Å². The minimum atomic E-state index is -0.921. The molecule has 2 N–H and O–H groups in total. The van der Waals surface area contributed by atoms with E-state index < -0.39 is 23.5 Å². The fourth-order valence-corrected chi connectivity index (χ4v) is 5.28. The fourth-order valence-electron chi connectivity index (χ4n) is 5.28. The highest BCUT2D eigenvalue weighted by Crippen LogP contribution is 2.41. The summed E-state index contributed by atoms with van der Waals surface area (Å²) in [6, 6.07) is 11.0. The summed E-state index contributed by atoms with van der Waals surface area (Å²) in [7, 11) is 0. The SMILES string of the molecule is CC(C)=C/C=C/C=C(C)/C=C/C=C(C)/C=C/C1=C(C)C(=O)C(OC(=O)CCC(=O)Oc2ccc(/C=C/c3cc(O)cc(O)c3)cc2)CC1(C)C. The van der Waals surface area contributed by atoms with Gasteiger partial charge in [0.05, 0.1) is 12.8 Å². The Labute approximate surface area is 296 Å². The number of hydrogen-bond acceptors (Lipinski definition) is 7. The van der Waals surface area contributed by atoms with Crippen LogP contribution in [0, 0.1) is 5.41 Å². The van der Waals surface area contributed by atoms with Crippen molar-refractivity contribution < 1.29 is 34.1 Å². The molecule has 7 heteroatoms. The Morgan fingerprint density at radius 1 is 0.780 bits per heavy atom. The predicted octanol–water partition coefficient (Wildman–Crippen LogP) is 9.71. The van der Waals surface area contributed by atoms with E-state index in [2.05, 4.69) is 19.9 Å². The normalized spacial score (nSPS) is 16.9. The standard InChI is InChI=1S/C43H48O7/c1-29(2)11-8-9-12-30(3)13-10-14-31(4)15-22-38-32(5)42(48)39(28-43(38,6)7)50-41(47)24-23-40(46)49-37-20-18-33(19-21-37)16-17-34-25-35(44)27-36(45)26-34/h8-22,25-27,39,44-45H,23-24,28H2,1-7H3/b9-8+,13-10+,17-16+,22-15+,30-12+,31-14+. The third-order valence-electron chi connectivity index (χ3n) is 7.93. The Bertz CT molecular complexity index is 1780. The number of carbonyl (C=O) groups excluding carboxylic acids is 3. The van der Waals surface area contributed by atoms with Crippen LogP contribution in [0.2, 0.25) is 0 Å². The number of phenolic OH excluding ortho intramolecular Hbond substituents is 2. The van der Waals surface area contributed by atoms with E-state index >= 15 is 0 Å². The molecule has 1 unspecified atom stereocenters. The third kappa shape index (κ3) is 12.9. The molecular formula is C43H48O7. The zero-order valence-electron chi connectivity index (χ0n) is 30.0. The molecule has 0 amide bonds. The summed E-state index contributed by atoms with van der Waals surface area (Å²) in [5.41, 5.74) is 5.86. The average molecular weight is 677 g/mol. The molecule has 0 radical (unpaired) electrons. The van der Waals surface area contributed by atoms with Gasteiger partial charge in [-0.1, -0.05) is 110 Å². The number of esters is 2. The second-order valence-corrected chi connectivity index (χ2v) is 13.3. The van der Waals surface area contributed by atoms with Gasteiger partial charge in [0.25, 0.3) is 0 Å². The molecule has 0 aromatic heterocycles. The van der Waals surface area contributed by atoms with Gasteiger partial charge in [-0.05, 0) is 86.6 Å². The molecule has 0 saturated carbocycles. The maximum absolute atomic E-state index is 13.2. The lowest BCUT2D eigenvalue weighted by Crippen LogP contribution is -2.39. The molecule has 3 rings (SSSR count). The summed E-state index contributed by atoms with van der Waals surface area (Å²) in [6.07, 6.45) is 20.6. The Hall–Kier alpha value is -5.43. The predicted molar refractivity (Wildman–Crippen MR) is 200 cm³/mol. The minimum absolute atomic E-state index is 0.0411. The van der Waals surface area contributed by atoms with Crippen LogP contribution in [0.3, 0.4) is 0 Å². The first-order chi connectivity index (χ1) is 23.6. The van der Waals surface area contributed by atoms with Crippen LogP contribution >= 0.6 is 0 Å². The second-order valence-electron chi connectivity index (χ2n) is 13.3. The molecule has 7 nitrogen and oxygen atoms in total. The number of allylic oxidation sites excluding steroid dienone is 13. The first kappa shape index (κ1) is 39.0. The molecule has 0 fully saturated rings. The van der Waals surface area contributed by atoms with Crippen LogP contribution < -0.4 is 4.74 Å². The van der Waals surface area contributed by atoms with Crippen LogP contribution in [0.15, 0.2) is 125 Å². The minimum Gasteiger partial charge on any atom is -0.508 e. The maximum Gasteiger partial charge on any atom is 0.311 e. The molecule has 1 aliphatic carbocycles. The summed E-state index contributed by atoms with van der Waals surface area (Å²) < 4.78 is 10.9. The number of hydrogen-bond donors (Lipinski definition) is 2. The number of aromatic hydroxyl groups is 2. The first-order valence-electron chi connectivity index (χ1n) is 16.6. The molecule has 50 heavy (non-hydrogen) atoms. The average Bonchev–Trinajstić information content (AvgIpc) is 3.03. The number of phenols is 2. The van der Waals surface area contributed by atoms with Gasteiger partial charge in [0.15, 0.2) is 11.9 Å². The molecule has 262 valence electrons. The van der Waals surface area contributed by atoms with E-state index in [9.17, 15) is 24.6 Å². The van der Waals surface area contributed by atoms with Gasteiger partial charge in [-0.2, -0.15) is 0 Å². The van der Waals surface area contributed by atoms with Gasteiger partial charge in [0.1, 0.15) is 17.2 Å². The van der Waals surface area contributed by atoms with Gasteiger partial charge >= 0.3 is 11.9 Å². The number of Topliss-reactive ketones (excluding diaryl/α,β-unsaturated/α-hetero) is 1. The summed E-state index contributed by atoms with van der Waals surface area (Å²) >= 11 is 0. The van der Waals surface area contributed by atoms with Crippen molar-refractivity contribution in [2.75, 3.05) is 0 Å². The number of ketones is 1.